The Balaban J connectivity index is 2.65. The van der Waals surface area contributed by atoms with Gasteiger partial charge in [0.2, 0.25) is 0 Å². The third-order valence-corrected chi connectivity index (χ3v) is 2.25. The third-order valence-electron chi connectivity index (χ3n) is 2.25. The number of nitrogens with two attached hydrogens (primary N) is 1. The normalized spacial score (nSPS) is 11.9. The van der Waals surface area contributed by atoms with Crippen LogP contribution in [0.4, 0.5) is 0 Å². The predicted octanol–water partition coefficient (Wildman–Crippen LogP) is 2.18. The van der Waals surface area contributed by atoms with E-state index in [1.165, 1.54) is 0 Å². The first-order chi connectivity index (χ1) is 7.65. The number of nitrogens with one attached hydrogen (secondary N) is 1. The molecule has 1 rings (SSSR count). The molecule has 0 spiro atoms. The van der Waals surface area contributed by atoms with Crippen LogP contribution in [-0.4, -0.2) is 19.0 Å². The Morgan fingerprint density at radius 3 is 2.69 bits per heavy atom. The van der Waals surface area contributed by atoms with Crippen molar-refractivity contribution in [3.05, 3.63) is 24.3 Å². The summed E-state index contributed by atoms with van der Waals surface area (Å²) in [4.78, 5) is 0. The maximum absolute atomic E-state index is 7.25. The molecule has 1 aromatic rings. The first-order valence-electron chi connectivity index (χ1n) is 5.29. The molecular formula is C12H18N2O2. The highest BCUT2D eigenvalue weighted by Crippen LogP contribution is 2.21. The zero-order chi connectivity index (χ0) is 12.0. The van der Waals surface area contributed by atoms with Gasteiger partial charge in [0.1, 0.15) is 17.6 Å². The SMILES string of the molecule is CCC(CC(=N)N)Oc1cccc(OC)c1. The van der Waals surface area contributed by atoms with Gasteiger partial charge in [-0.1, -0.05) is 13.0 Å². The molecule has 0 saturated heterocycles. The first kappa shape index (κ1) is 12.4. The Morgan fingerprint density at radius 2 is 2.12 bits per heavy atom. The van der Waals surface area contributed by atoms with Crippen molar-refractivity contribution in [1.29, 1.82) is 5.41 Å². The molecule has 3 N–H and O–H groups in total. The van der Waals surface area contributed by atoms with Crippen molar-refractivity contribution in [3.8, 4) is 11.5 Å². The summed E-state index contributed by atoms with van der Waals surface area (Å²) in [6.07, 6.45) is 1.22. The molecule has 0 fully saturated rings. The van der Waals surface area contributed by atoms with Gasteiger partial charge in [-0.15, -0.1) is 0 Å². The van der Waals surface area contributed by atoms with Gasteiger partial charge in [-0.2, -0.15) is 0 Å². The molecule has 0 heterocycles. The van der Waals surface area contributed by atoms with Crippen LogP contribution in [0.2, 0.25) is 0 Å². The molecule has 1 aromatic carbocycles. The van der Waals surface area contributed by atoms with Gasteiger partial charge in [0.25, 0.3) is 0 Å². The number of amidine groups is 1. The summed E-state index contributed by atoms with van der Waals surface area (Å²) in [5.41, 5.74) is 5.36. The fourth-order valence-electron chi connectivity index (χ4n) is 1.38. The summed E-state index contributed by atoms with van der Waals surface area (Å²) < 4.78 is 10.8. The van der Waals surface area contributed by atoms with Crippen LogP contribution in [0.5, 0.6) is 11.5 Å². The van der Waals surface area contributed by atoms with Crippen LogP contribution in [-0.2, 0) is 0 Å². The lowest BCUT2D eigenvalue weighted by molar-refractivity contribution is 0.204. The molecule has 1 unspecified atom stereocenters. The second-order valence-corrected chi connectivity index (χ2v) is 3.56. The average Bonchev–Trinajstić information content (AvgIpc) is 2.28. The largest absolute Gasteiger partial charge is 0.497 e. The smallest absolute Gasteiger partial charge is 0.123 e. The second kappa shape index (κ2) is 6.00. The number of hydrogen-bond acceptors (Lipinski definition) is 3. The topological polar surface area (TPSA) is 68.3 Å². The van der Waals surface area contributed by atoms with E-state index in [2.05, 4.69) is 0 Å². The lowest BCUT2D eigenvalue weighted by Crippen LogP contribution is -2.23. The fourth-order valence-corrected chi connectivity index (χ4v) is 1.38. The maximum Gasteiger partial charge on any atom is 0.123 e. The van der Waals surface area contributed by atoms with Gasteiger partial charge in [0.05, 0.1) is 12.9 Å². The molecule has 0 aliphatic carbocycles. The van der Waals surface area contributed by atoms with Gasteiger partial charge in [-0.3, -0.25) is 5.41 Å². The van der Waals surface area contributed by atoms with Crippen molar-refractivity contribution in [2.75, 3.05) is 7.11 Å². The lowest BCUT2D eigenvalue weighted by atomic mass is 10.2. The summed E-state index contributed by atoms with van der Waals surface area (Å²) in [6.45, 7) is 2.01. The van der Waals surface area contributed by atoms with Crippen LogP contribution in [0, 0.1) is 5.41 Å². The molecule has 0 aliphatic heterocycles. The standard InChI is InChI=1S/C12H18N2O2/c1-3-9(8-12(13)14)16-11-6-4-5-10(7-11)15-2/h4-7,9H,3,8H2,1-2H3,(H3,13,14). The molecule has 88 valence electrons. The van der Waals surface area contributed by atoms with E-state index in [4.69, 9.17) is 20.6 Å². The van der Waals surface area contributed by atoms with E-state index in [1.54, 1.807) is 7.11 Å². The average molecular weight is 222 g/mol. The van der Waals surface area contributed by atoms with Crippen LogP contribution in [0.15, 0.2) is 24.3 Å². The molecule has 0 bridgehead atoms. The molecule has 16 heavy (non-hydrogen) atoms. The van der Waals surface area contributed by atoms with Crippen molar-refractivity contribution in [2.24, 2.45) is 5.73 Å². The predicted molar refractivity (Wildman–Crippen MR) is 64.2 cm³/mol. The van der Waals surface area contributed by atoms with E-state index >= 15 is 0 Å². The van der Waals surface area contributed by atoms with E-state index in [0.29, 0.717) is 6.42 Å². The van der Waals surface area contributed by atoms with Crippen LogP contribution in [0.1, 0.15) is 19.8 Å². The van der Waals surface area contributed by atoms with Crippen molar-refractivity contribution in [2.45, 2.75) is 25.9 Å². The van der Waals surface area contributed by atoms with Crippen molar-refractivity contribution < 1.29 is 9.47 Å². The van der Waals surface area contributed by atoms with Crippen molar-refractivity contribution >= 4 is 5.84 Å². The van der Waals surface area contributed by atoms with E-state index in [-0.39, 0.29) is 11.9 Å². The summed E-state index contributed by atoms with van der Waals surface area (Å²) in [7, 11) is 1.62. The van der Waals surface area contributed by atoms with E-state index < -0.39 is 0 Å². The Morgan fingerprint density at radius 1 is 1.44 bits per heavy atom. The molecule has 4 nitrogen and oxygen atoms in total. The fraction of sp³-hybridized carbons (Fsp3) is 0.417. The Labute approximate surface area is 95.9 Å². The van der Waals surface area contributed by atoms with Gasteiger partial charge < -0.3 is 15.2 Å². The van der Waals surface area contributed by atoms with Gasteiger partial charge in [-0.25, -0.2) is 0 Å². The van der Waals surface area contributed by atoms with Gasteiger partial charge in [0, 0.05) is 12.5 Å². The Bertz CT molecular complexity index is 353. The van der Waals surface area contributed by atoms with Crippen LogP contribution < -0.4 is 15.2 Å². The molecule has 0 aliphatic rings. The van der Waals surface area contributed by atoms with E-state index in [1.807, 2.05) is 31.2 Å². The third kappa shape index (κ3) is 3.81. The number of methoxy groups -OCH3 is 1. The number of ether oxygens (including phenoxy) is 2. The van der Waals surface area contributed by atoms with Gasteiger partial charge >= 0.3 is 0 Å². The minimum atomic E-state index is -0.0513. The number of rotatable bonds is 6. The summed E-state index contributed by atoms with van der Waals surface area (Å²) in [6, 6.07) is 7.42. The monoisotopic (exact) mass is 222 g/mol. The molecule has 4 heteroatoms. The minimum Gasteiger partial charge on any atom is -0.497 e. The molecule has 0 saturated carbocycles. The van der Waals surface area contributed by atoms with Crippen LogP contribution in [0.3, 0.4) is 0 Å². The molecule has 0 amide bonds. The van der Waals surface area contributed by atoms with Gasteiger partial charge in [0.15, 0.2) is 0 Å². The highest BCUT2D eigenvalue weighted by Gasteiger charge is 2.09. The summed E-state index contributed by atoms with van der Waals surface area (Å²) in [5.74, 6) is 1.65. The van der Waals surface area contributed by atoms with E-state index in [0.717, 1.165) is 17.9 Å². The Hall–Kier alpha value is -1.71. The summed E-state index contributed by atoms with van der Waals surface area (Å²) in [5, 5.41) is 7.25. The minimum absolute atomic E-state index is 0.0513. The van der Waals surface area contributed by atoms with E-state index in [9.17, 15) is 0 Å². The zero-order valence-corrected chi connectivity index (χ0v) is 9.69. The molecule has 1 atom stereocenters. The summed E-state index contributed by atoms with van der Waals surface area (Å²) >= 11 is 0. The highest BCUT2D eigenvalue weighted by atomic mass is 16.5. The second-order valence-electron chi connectivity index (χ2n) is 3.56. The number of hydrogen-bond donors (Lipinski definition) is 2. The number of benzene rings is 1. The zero-order valence-electron chi connectivity index (χ0n) is 9.69. The lowest BCUT2D eigenvalue weighted by Gasteiger charge is -2.17. The van der Waals surface area contributed by atoms with Crippen LogP contribution in [0.25, 0.3) is 0 Å². The molecule has 0 radical (unpaired) electrons. The molecule has 0 aromatic heterocycles. The first-order valence-corrected chi connectivity index (χ1v) is 5.29. The maximum atomic E-state index is 7.25. The Kier molecular flexibility index (Phi) is 4.64. The van der Waals surface area contributed by atoms with Crippen molar-refractivity contribution in [1.82, 2.24) is 0 Å². The van der Waals surface area contributed by atoms with Crippen molar-refractivity contribution in [3.63, 3.8) is 0 Å². The quantitative estimate of drug-likeness (QED) is 0.572. The van der Waals surface area contributed by atoms with Gasteiger partial charge in [-0.05, 0) is 18.6 Å². The molecular weight excluding hydrogens is 204 g/mol. The van der Waals surface area contributed by atoms with Crippen LogP contribution >= 0.6 is 0 Å². The highest BCUT2D eigenvalue weighted by molar-refractivity contribution is 5.77.